The minimum absolute atomic E-state index is 0.0829. The molecule has 2 rings (SSSR count). The minimum atomic E-state index is -0.294. The molecular formula is C19H34N2O4. The number of rotatable bonds is 3. The van der Waals surface area contributed by atoms with Gasteiger partial charge in [0, 0.05) is 26.2 Å². The molecule has 0 N–H and O–H groups in total. The van der Waals surface area contributed by atoms with Gasteiger partial charge in [-0.25, -0.2) is 9.59 Å². The van der Waals surface area contributed by atoms with Crippen molar-refractivity contribution in [3.8, 4) is 0 Å². The van der Waals surface area contributed by atoms with Gasteiger partial charge in [-0.05, 0) is 31.1 Å². The molecule has 2 aliphatic rings. The van der Waals surface area contributed by atoms with Crippen molar-refractivity contribution in [3.05, 3.63) is 0 Å². The van der Waals surface area contributed by atoms with Gasteiger partial charge < -0.3 is 19.3 Å². The van der Waals surface area contributed by atoms with Crippen molar-refractivity contribution in [2.24, 2.45) is 11.3 Å². The van der Waals surface area contributed by atoms with Gasteiger partial charge in [0.1, 0.15) is 6.10 Å². The number of carbonyl (C=O) groups is 2. The number of amides is 2. The van der Waals surface area contributed by atoms with E-state index in [0.717, 1.165) is 0 Å². The fraction of sp³-hybridized carbons (Fsp3) is 0.895. The Balaban J connectivity index is 1.69. The molecule has 0 radical (unpaired) electrons. The van der Waals surface area contributed by atoms with E-state index in [2.05, 4.69) is 0 Å². The van der Waals surface area contributed by atoms with E-state index in [1.165, 1.54) is 32.1 Å². The maximum atomic E-state index is 12.2. The van der Waals surface area contributed by atoms with Crippen molar-refractivity contribution in [2.75, 3.05) is 32.8 Å². The fourth-order valence-electron chi connectivity index (χ4n) is 3.11. The average Bonchev–Trinajstić information content (AvgIpc) is 2.59. The second kappa shape index (κ2) is 8.77. The van der Waals surface area contributed by atoms with E-state index < -0.39 is 0 Å². The lowest BCUT2D eigenvalue weighted by Crippen LogP contribution is -2.51. The lowest BCUT2D eigenvalue weighted by Gasteiger charge is -2.35. The lowest BCUT2D eigenvalue weighted by atomic mass is 9.90. The molecule has 1 saturated carbocycles. The second-order valence-corrected chi connectivity index (χ2v) is 8.45. The van der Waals surface area contributed by atoms with E-state index in [-0.39, 0.29) is 23.7 Å². The SMILES string of the molecule is C[C@H](OC(=O)N1CCN(C(=O)OCC2CCCCC2)CC1)C(C)(C)C. The third-order valence-corrected chi connectivity index (χ3v) is 5.46. The number of hydrogen-bond acceptors (Lipinski definition) is 4. The average molecular weight is 354 g/mol. The van der Waals surface area contributed by atoms with Crippen molar-refractivity contribution in [1.29, 1.82) is 0 Å². The molecule has 1 aliphatic heterocycles. The summed E-state index contributed by atoms with van der Waals surface area (Å²) in [6.07, 6.45) is 5.43. The molecule has 1 saturated heterocycles. The highest BCUT2D eigenvalue weighted by molar-refractivity contribution is 5.70. The third-order valence-electron chi connectivity index (χ3n) is 5.46. The summed E-state index contributed by atoms with van der Waals surface area (Å²) < 4.78 is 11.0. The number of nitrogens with zero attached hydrogens (tertiary/aromatic N) is 2. The van der Waals surface area contributed by atoms with Crippen LogP contribution < -0.4 is 0 Å². The van der Waals surface area contributed by atoms with E-state index in [9.17, 15) is 9.59 Å². The molecule has 0 unspecified atom stereocenters. The first kappa shape index (κ1) is 19.9. The molecule has 0 bridgehead atoms. The van der Waals surface area contributed by atoms with Crippen molar-refractivity contribution < 1.29 is 19.1 Å². The summed E-state index contributed by atoms with van der Waals surface area (Å²) >= 11 is 0. The van der Waals surface area contributed by atoms with Gasteiger partial charge in [0.2, 0.25) is 0 Å². The van der Waals surface area contributed by atoms with E-state index >= 15 is 0 Å². The molecule has 2 fully saturated rings. The molecule has 1 heterocycles. The normalized spacial score (nSPS) is 21.0. The summed E-state index contributed by atoms with van der Waals surface area (Å²) in [6, 6.07) is 0. The van der Waals surface area contributed by atoms with Gasteiger partial charge >= 0.3 is 12.2 Å². The van der Waals surface area contributed by atoms with E-state index in [1.54, 1.807) is 9.80 Å². The number of hydrogen-bond donors (Lipinski definition) is 0. The van der Waals surface area contributed by atoms with E-state index in [1.807, 2.05) is 27.7 Å². The first-order chi connectivity index (χ1) is 11.8. The van der Waals surface area contributed by atoms with Crippen LogP contribution in [0.3, 0.4) is 0 Å². The quantitative estimate of drug-likeness (QED) is 0.771. The van der Waals surface area contributed by atoms with Crippen LogP contribution in [0.25, 0.3) is 0 Å². The van der Waals surface area contributed by atoms with Crippen LogP contribution in [0.5, 0.6) is 0 Å². The Morgan fingerprint density at radius 2 is 1.48 bits per heavy atom. The van der Waals surface area contributed by atoms with Crippen LogP contribution >= 0.6 is 0 Å². The number of carbonyl (C=O) groups excluding carboxylic acids is 2. The fourth-order valence-corrected chi connectivity index (χ4v) is 3.11. The van der Waals surface area contributed by atoms with Gasteiger partial charge in [0.05, 0.1) is 6.61 Å². The first-order valence-electron chi connectivity index (χ1n) is 9.64. The largest absolute Gasteiger partial charge is 0.449 e. The maximum absolute atomic E-state index is 12.2. The van der Waals surface area contributed by atoms with Crippen LogP contribution in [0.15, 0.2) is 0 Å². The third kappa shape index (κ3) is 6.08. The molecule has 1 atom stereocenters. The van der Waals surface area contributed by atoms with Gasteiger partial charge in [-0.2, -0.15) is 0 Å². The molecule has 25 heavy (non-hydrogen) atoms. The lowest BCUT2D eigenvalue weighted by molar-refractivity contribution is 0.00920. The summed E-state index contributed by atoms with van der Waals surface area (Å²) in [6.45, 7) is 10.6. The van der Waals surface area contributed by atoms with Crippen molar-refractivity contribution in [3.63, 3.8) is 0 Å². The van der Waals surface area contributed by atoms with Crippen LogP contribution in [0, 0.1) is 11.3 Å². The van der Waals surface area contributed by atoms with Gasteiger partial charge in [-0.3, -0.25) is 0 Å². The highest BCUT2D eigenvalue weighted by Gasteiger charge is 2.30. The predicted molar refractivity (Wildman–Crippen MR) is 96.5 cm³/mol. The molecule has 0 aromatic rings. The summed E-state index contributed by atoms with van der Waals surface area (Å²) in [5.74, 6) is 0.521. The minimum Gasteiger partial charge on any atom is -0.449 e. The van der Waals surface area contributed by atoms with Crippen LogP contribution in [0.4, 0.5) is 9.59 Å². The zero-order chi connectivity index (χ0) is 18.4. The van der Waals surface area contributed by atoms with Crippen molar-refractivity contribution >= 4 is 12.2 Å². The predicted octanol–water partition coefficient (Wildman–Crippen LogP) is 3.89. The Kier molecular flexibility index (Phi) is 6.96. The Bertz CT molecular complexity index is 447. The van der Waals surface area contributed by atoms with Gasteiger partial charge in [-0.15, -0.1) is 0 Å². The zero-order valence-electron chi connectivity index (χ0n) is 16.3. The monoisotopic (exact) mass is 354 g/mol. The van der Waals surface area contributed by atoms with Gasteiger partial charge in [0.15, 0.2) is 0 Å². The molecule has 2 amide bonds. The maximum Gasteiger partial charge on any atom is 0.410 e. The Labute approximate surface area is 151 Å². The summed E-state index contributed by atoms with van der Waals surface area (Å²) in [7, 11) is 0. The second-order valence-electron chi connectivity index (χ2n) is 8.45. The number of piperazine rings is 1. The molecule has 6 heteroatoms. The van der Waals surface area contributed by atoms with Gasteiger partial charge in [0.25, 0.3) is 0 Å². The molecular weight excluding hydrogens is 320 g/mol. The van der Waals surface area contributed by atoms with Crippen molar-refractivity contribution in [2.45, 2.75) is 65.9 Å². The first-order valence-corrected chi connectivity index (χ1v) is 9.64. The topological polar surface area (TPSA) is 59.1 Å². The molecule has 1 aliphatic carbocycles. The zero-order valence-corrected chi connectivity index (χ0v) is 16.3. The molecule has 0 spiro atoms. The summed E-state index contributed by atoms with van der Waals surface area (Å²) in [4.78, 5) is 27.8. The Morgan fingerprint density at radius 1 is 0.960 bits per heavy atom. The standard InChI is InChI=1S/C19H34N2O4/c1-15(19(2,3)4)25-18(23)21-12-10-20(11-13-21)17(22)24-14-16-8-6-5-7-9-16/h15-16H,5-14H2,1-4H3/t15-/m0/s1. The van der Waals surface area contributed by atoms with Crippen LogP contribution in [-0.4, -0.2) is 60.9 Å². The van der Waals surface area contributed by atoms with E-state index in [0.29, 0.717) is 38.7 Å². The molecule has 144 valence electrons. The summed E-state index contributed by atoms with van der Waals surface area (Å²) in [5.41, 5.74) is -0.0829. The molecule has 0 aromatic heterocycles. The van der Waals surface area contributed by atoms with Gasteiger partial charge in [-0.1, -0.05) is 40.0 Å². The Hall–Kier alpha value is -1.46. The molecule has 6 nitrogen and oxygen atoms in total. The van der Waals surface area contributed by atoms with E-state index in [4.69, 9.17) is 9.47 Å². The van der Waals surface area contributed by atoms with Crippen molar-refractivity contribution in [1.82, 2.24) is 9.80 Å². The smallest absolute Gasteiger partial charge is 0.410 e. The Morgan fingerprint density at radius 3 is 2.00 bits per heavy atom. The highest BCUT2D eigenvalue weighted by Crippen LogP contribution is 2.24. The highest BCUT2D eigenvalue weighted by atomic mass is 16.6. The van der Waals surface area contributed by atoms with Crippen LogP contribution in [-0.2, 0) is 9.47 Å². The summed E-state index contributed by atoms with van der Waals surface area (Å²) in [5, 5.41) is 0. The van der Waals surface area contributed by atoms with Crippen LogP contribution in [0.1, 0.15) is 59.8 Å². The molecule has 0 aromatic carbocycles. The number of ether oxygens (including phenoxy) is 2. The van der Waals surface area contributed by atoms with Crippen LogP contribution in [0.2, 0.25) is 0 Å².